The number of hydrogen-bond acceptors (Lipinski definition) is 2. The second-order valence-corrected chi connectivity index (χ2v) is 7.04. The fraction of sp³-hybridized carbons (Fsp3) is 0.571. The van der Waals surface area contributed by atoms with E-state index < -0.39 is 11.7 Å². The standard InChI is InChI=1S/C14H17BrF3NS/c1-20-11-5-3-10(4-6-11)19-13-7-2-9(8-12(13)15)14(16,17)18/h2,7-8,10-11,19H,3-6H2,1H3. The third-order valence-corrected chi connectivity index (χ3v) is 5.46. The molecule has 0 saturated heterocycles. The van der Waals surface area contributed by atoms with Gasteiger partial charge in [-0.1, -0.05) is 0 Å². The monoisotopic (exact) mass is 367 g/mol. The van der Waals surface area contributed by atoms with Crippen LogP contribution in [-0.2, 0) is 6.18 Å². The fourth-order valence-corrected chi connectivity index (χ4v) is 3.71. The molecule has 1 aliphatic carbocycles. The van der Waals surface area contributed by atoms with Gasteiger partial charge in [-0.2, -0.15) is 24.9 Å². The zero-order valence-electron chi connectivity index (χ0n) is 11.1. The van der Waals surface area contributed by atoms with E-state index in [2.05, 4.69) is 27.5 Å². The van der Waals surface area contributed by atoms with E-state index in [0.29, 0.717) is 10.5 Å². The lowest BCUT2D eigenvalue weighted by atomic mass is 9.94. The van der Waals surface area contributed by atoms with Gasteiger partial charge >= 0.3 is 6.18 Å². The van der Waals surface area contributed by atoms with Crippen LogP contribution in [0.5, 0.6) is 0 Å². The molecule has 1 aromatic carbocycles. The summed E-state index contributed by atoms with van der Waals surface area (Å²) < 4.78 is 38.3. The Balaban J connectivity index is 2.00. The molecule has 6 heteroatoms. The Morgan fingerprint density at radius 1 is 1.20 bits per heavy atom. The van der Waals surface area contributed by atoms with E-state index >= 15 is 0 Å². The summed E-state index contributed by atoms with van der Waals surface area (Å²) >= 11 is 5.13. The van der Waals surface area contributed by atoms with E-state index in [-0.39, 0.29) is 0 Å². The molecule has 1 N–H and O–H groups in total. The molecule has 20 heavy (non-hydrogen) atoms. The fourth-order valence-electron chi connectivity index (χ4n) is 2.47. The first kappa shape index (κ1) is 16.0. The van der Waals surface area contributed by atoms with Gasteiger partial charge in [-0.25, -0.2) is 0 Å². The van der Waals surface area contributed by atoms with Gasteiger partial charge in [0, 0.05) is 21.5 Å². The molecule has 1 saturated carbocycles. The summed E-state index contributed by atoms with van der Waals surface area (Å²) in [6, 6.07) is 4.12. The van der Waals surface area contributed by atoms with Crippen LogP contribution in [0, 0.1) is 0 Å². The molecule has 0 amide bonds. The molecule has 0 bridgehead atoms. The Bertz CT molecular complexity index is 456. The Kier molecular flexibility index (Phi) is 5.29. The van der Waals surface area contributed by atoms with Crippen molar-refractivity contribution in [2.45, 2.75) is 43.2 Å². The van der Waals surface area contributed by atoms with E-state index in [4.69, 9.17) is 0 Å². The molecule has 1 aliphatic rings. The van der Waals surface area contributed by atoms with E-state index in [1.165, 1.54) is 6.07 Å². The van der Waals surface area contributed by atoms with Gasteiger partial charge in [-0.3, -0.25) is 0 Å². The number of anilines is 1. The minimum absolute atomic E-state index is 0.353. The molecule has 0 unspecified atom stereocenters. The number of rotatable bonds is 3. The summed E-state index contributed by atoms with van der Waals surface area (Å²) in [6.45, 7) is 0. The predicted molar refractivity (Wildman–Crippen MR) is 82.3 cm³/mol. The van der Waals surface area contributed by atoms with Gasteiger partial charge in [0.2, 0.25) is 0 Å². The van der Waals surface area contributed by atoms with Crippen LogP contribution in [0.3, 0.4) is 0 Å². The second-order valence-electron chi connectivity index (χ2n) is 5.05. The van der Waals surface area contributed by atoms with Crippen molar-refractivity contribution in [2.75, 3.05) is 11.6 Å². The largest absolute Gasteiger partial charge is 0.416 e. The minimum atomic E-state index is -4.29. The highest BCUT2D eigenvalue weighted by Crippen LogP contribution is 2.35. The molecule has 0 spiro atoms. The molecule has 112 valence electrons. The average Bonchev–Trinajstić information content (AvgIpc) is 2.41. The maximum absolute atomic E-state index is 12.6. The number of thioether (sulfide) groups is 1. The summed E-state index contributed by atoms with van der Waals surface area (Å²) in [6.07, 6.45) is 2.30. The van der Waals surface area contributed by atoms with Crippen molar-refractivity contribution < 1.29 is 13.2 Å². The van der Waals surface area contributed by atoms with Crippen LogP contribution >= 0.6 is 27.7 Å². The zero-order valence-corrected chi connectivity index (χ0v) is 13.5. The molecule has 1 fully saturated rings. The quantitative estimate of drug-likeness (QED) is 0.750. The minimum Gasteiger partial charge on any atom is -0.381 e. The van der Waals surface area contributed by atoms with Crippen LogP contribution in [-0.4, -0.2) is 17.5 Å². The van der Waals surface area contributed by atoms with Crippen LogP contribution in [0.2, 0.25) is 0 Å². The molecule has 0 atom stereocenters. The second kappa shape index (κ2) is 6.60. The van der Waals surface area contributed by atoms with Gasteiger partial charge in [0.25, 0.3) is 0 Å². The SMILES string of the molecule is CSC1CCC(Nc2ccc(C(F)(F)F)cc2Br)CC1. The molecular formula is C14H17BrF3NS. The molecule has 0 radical (unpaired) electrons. The van der Waals surface area contributed by atoms with Crippen molar-refractivity contribution in [1.82, 2.24) is 0 Å². The smallest absolute Gasteiger partial charge is 0.381 e. The summed E-state index contributed by atoms with van der Waals surface area (Å²) in [5.74, 6) is 0. The first-order valence-corrected chi connectivity index (χ1v) is 8.64. The Morgan fingerprint density at radius 3 is 2.35 bits per heavy atom. The molecule has 0 aliphatic heterocycles. The van der Waals surface area contributed by atoms with Gasteiger partial charge in [0.1, 0.15) is 0 Å². The van der Waals surface area contributed by atoms with Crippen LogP contribution in [0.15, 0.2) is 22.7 Å². The van der Waals surface area contributed by atoms with Gasteiger partial charge in [0.05, 0.1) is 5.56 Å². The lowest BCUT2D eigenvalue weighted by molar-refractivity contribution is -0.137. The Hall–Kier alpha value is -0.360. The van der Waals surface area contributed by atoms with Gasteiger partial charge in [0.15, 0.2) is 0 Å². The average molecular weight is 368 g/mol. The van der Waals surface area contributed by atoms with E-state index in [0.717, 1.165) is 48.8 Å². The van der Waals surface area contributed by atoms with Crippen molar-refractivity contribution >= 4 is 33.4 Å². The van der Waals surface area contributed by atoms with E-state index in [9.17, 15) is 13.2 Å². The summed E-state index contributed by atoms with van der Waals surface area (Å²) in [5, 5.41) is 4.07. The highest BCUT2D eigenvalue weighted by Gasteiger charge is 2.31. The van der Waals surface area contributed by atoms with Crippen LogP contribution < -0.4 is 5.32 Å². The summed E-state index contributed by atoms with van der Waals surface area (Å²) in [5.41, 5.74) is 0.117. The van der Waals surface area contributed by atoms with Crippen molar-refractivity contribution in [3.8, 4) is 0 Å². The summed E-state index contributed by atoms with van der Waals surface area (Å²) in [7, 11) is 0. The lowest BCUT2D eigenvalue weighted by Crippen LogP contribution is -2.27. The molecule has 0 heterocycles. The highest BCUT2D eigenvalue weighted by atomic mass is 79.9. The third kappa shape index (κ3) is 4.07. The van der Waals surface area contributed by atoms with Crippen molar-refractivity contribution in [3.63, 3.8) is 0 Å². The number of halogens is 4. The number of alkyl halides is 3. The topological polar surface area (TPSA) is 12.0 Å². The van der Waals surface area contributed by atoms with Gasteiger partial charge < -0.3 is 5.32 Å². The lowest BCUT2D eigenvalue weighted by Gasteiger charge is -2.29. The summed E-state index contributed by atoms with van der Waals surface area (Å²) in [4.78, 5) is 0. The first-order valence-electron chi connectivity index (χ1n) is 6.56. The molecule has 1 nitrogen and oxygen atoms in total. The van der Waals surface area contributed by atoms with Crippen molar-refractivity contribution in [1.29, 1.82) is 0 Å². The van der Waals surface area contributed by atoms with Crippen molar-refractivity contribution in [3.05, 3.63) is 28.2 Å². The van der Waals surface area contributed by atoms with Crippen LogP contribution in [0.25, 0.3) is 0 Å². The van der Waals surface area contributed by atoms with E-state index in [1.807, 2.05) is 11.8 Å². The van der Waals surface area contributed by atoms with Gasteiger partial charge in [-0.05, 0) is 66.1 Å². The first-order chi connectivity index (χ1) is 9.40. The van der Waals surface area contributed by atoms with Crippen LogP contribution in [0.1, 0.15) is 31.2 Å². The Morgan fingerprint density at radius 2 is 1.85 bits per heavy atom. The van der Waals surface area contributed by atoms with Gasteiger partial charge in [-0.15, -0.1) is 0 Å². The zero-order chi connectivity index (χ0) is 14.8. The maximum Gasteiger partial charge on any atom is 0.416 e. The van der Waals surface area contributed by atoms with Crippen LogP contribution in [0.4, 0.5) is 18.9 Å². The van der Waals surface area contributed by atoms with E-state index in [1.54, 1.807) is 0 Å². The number of benzene rings is 1. The Labute approximate surface area is 129 Å². The normalized spacial score (nSPS) is 23.6. The molecule has 1 aromatic rings. The predicted octanol–water partition coefficient (Wildman–Crippen LogP) is 5.55. The third-order valence-electron chi connectivity index (χ3n) is 3.66. The molecule has 0 aromatic heterocycles. The molecular weight excluding hydrogens is 351 g/mol. The highest BCUT2D eigenvalue weighted by molar-refractivity contribution is 9.10. The maximum atomic E-state index is 12.6. The number of nitrogens with one attached hydrogen (secondary N) is 1. The number of hydrogen-bond donors (Lipinski definition) is 1. The van der Waals surface area contributed by atoms with Crippen molar-refractivity contribution in [2.24, 2.45) is 0 Å². The molecule has 2 rings (SSSR count).